The number of Topliss-reactive ketones (excluding diaryl/α,β-unsaturated/α-hetero) is 1. The van der Waals surface area contributed by atoms with Gasteiger partial charge in [0.1, 0.15) is 12.2 Å². The molecule has 3 aromatic rings. The molecule has 1 aliphatic heterocycles. The van der Waals surface area contributed by atoms with Crippen molar-refractivity contribution < 1.29 is 14.6 Å². The first-order valence-corrected chi connectivity index (χ1v) is 8.77. The summed E-state index contributed by atoms with van der Waals surface area (Å²) >= 11 is 5.97. The Morgan fingerprint density at radius 2 is 1.50 bits per heavy atom. The van der Waals surface area contributed by atoms with Crippen molar-refractivity contribution >= 4 is 17.4 Å². The second kappa shape index (κ2) is 6.69. The minimum absolute atomic E-state index is 0.227. The van der Waals surface area contributed by atoms with Gasteiger partial charge in [-0.25, -0.2) is 0 Å². The lowest BCUT2D eigenvalue weighted by molar-refractivity contribution is 0.0531. The highest BCUT2D eigenvalue weighted by Gasteiger charge is 2.67. The first-order valence-electron chi connectivity index (χ1n) is 8.39. The van der Waals surface area contributed by atoms with Crippen LogP contribution in [-0.4, -0.2) is 16.5 Å². The zero-order valence-corrected chi connectivity index (χ0v) is 14.6. The third-order valence-corrected chi connectivity index (χ3v) is 4.98. The van der Waals surface area contributed by atoms with Gasteiger partial charge in [-0.3, -0.25) is 4.79 Å². The Kier molecular flexibility index (Phi) is 4.37. The number of hydrogen-bond acceptors (Lipinski definition) is 3. The maximum absolute atomic E-state index is 13.3. The van der Waals surface area contributed by atoms with E-state index in [1.54, 1.807) is 48.5 Å². The van der Waals surface area contributed by atoms with Gasteiger partial charge in [-0.15, -0.1) is 0 Å². The van der Waals surface area contributed by atoms with Crippen molar-refractivity contribution in [3.05, 3.63) is 107 Å². The van der Waals surface area contributed by atoms with Crippen LogP contribution in [-0.2, 0) is 4.74 Å². The minimum Gasteiger partial charge on any atom is -0.385 e. The second-order valence-corrected chi connectivity index (χ2v) is 6.79. The summed E-state index contributed by atoms with van der Waals surface area (Å²) in [4.78, 5) is 13.3. The number of carbonyl (C=O) groups excluding carboxylic acids is 1. The van der Waals surface area contributed by atoms with Crippen LogP contribution in [0.2, 0.25) is 5.02 Å². The highest BCUT2D eigenvalue weighted by atomic mass is 35.5. The highest BCUT2D eigenvalue weighted by Crippen LogP contribution is 2.58. The predicted molar refractivity (Wildman–Crippen MR) is 100 cm³/mol. The number of aliphatic hydroxyl groups is 1. The molecule has 0 radical (unpaired) electrons. The zero-order chi connectivity index (χ0) is 18.1. The van der Waals surface area contributed by atoms with E-state index in [2.05, 4.69) is 0 Å². The molecule has 0 aliphatic carbocycles. The molecule has 0 spiro atoms. The summed E-state index contributed by atoms with van der Waals surface area (Å²) in [5.74, 6) is -0.227. The molecule has 1 fully saturated rings. The van der Waals surface area contributed by atoms with Crippen LogP contribution in [0.1, 0.15) is 33.7 Å². The molecule has 1 aliphatic rings. The maximum atomic E-state index is 13.3. The Morgan fingerprint density at radius 1 is 0.923 bits per heavy atom. The molecule has 3 nitrogen and oxygen atoms in total. The van der Waals surface area contributed by atoms with Crippen molar-refractivity contribution in [2.75, 3.05) is 0 Å². The monoisotopic (exact) mass is 364 g/mol. The van der Waals surface area contributed by atoms with Crippen LogP contribution >= 0.6 is 11.6 Å². The van der Waals surface area contributed by atoms with Crippen molar-refractivity contribution in [2.45, 2.75) is 17.8 Å². The summed E-state index contributed by atoms with van der Waals surface area (Å²) < 4.78 is 5.92. The fraction of sp³-hybridized carbons (Fsp3) is 0.136. The van der Waals surface area contributed by atoms with E-state index in [0.717, 1.165) is 5.56 Å². The normalized spacial score (nSPS) is 22.6. The molecule has 1 heterocycles. The molecular formula is C22H17ClO3. The summed E-state index contributed by atoms with van der Waals surface area (Å²) in [5, 5.41) is 11.7. The summed E-state index contributed by atoms with van der Waals surface area (Å²) in [6, 6.07) is 25.2. The standard InChI is InChI=1S/C22H17ClO3/c23-18-13-11-17(12-14-18)21-22(26-21,19(24)15-7-3-1-4-8-15)20(25)16-9-5-2-6-10-16/h1-14,19,21,24H/t19-,21-,22-/m1/s1. The fourth-order valence-corrected chi connectivity index (χ4v) is 3.44. The van der Waals surface area contributed by atoms with Gasteiger partial charge in [-0.2, -0.15) is 0 Å². The van der Waals surface area contributed by atoms with Crippen LogP contribution in [0, 0.1) is 0 Å². The van der Waals surface area contributed by atoms with Gasteiger partial charge in [0.15, 0.2) is 5.60 Å². The molecule has 1 saturated heterocycles. The van der Waals surface area contributed by atoms with Gasteiger partial charge in [0.25, 0.3) is 0 Å². The molecular weight excluding hydrogens is 348 g/mol. The third kappa shape index (κ3) is 2.84. The summed E-state index contributed by atoms with van der Waals surface area (Å²) in [6.45, 7) is 0. The Morgan fingerprint density at radius 3 is 2.12 bits per heavy atom. The van der Waals surface area contributed by atoms with Crippen molar-refractivity contribution in [2.24, 2.45) is 0 Å². The molecule has 26 heavy (non-hydrogen) atoms. The van der Waals surface area contributed by atoms with Crippen LogP contribution in [0.25, 0.3) is 0 Å². The highest BCUT2D eigenvalue weighted by molar-refractivity contribution is 6.30. The van der Waals surface area contributed by atoms with E-state index >= 15 is 0 Å². The van der Waals surface area contributed by atoms with Gasteiger partial charge >= 0.3 is 0 Å². The van der Waals surface area contributed by atoms with Gasteiger partial charge < -0.3 is 9.84 Å². The van der Waals surface area contributed by atoms with Crippen molar-refractivity contribution in [3.8, 4) is 0 Å². The second-order valence-electron chi connectivity index (χ2n) is 6.35. The van der Waals surface area contributed by atoms with Crippen molar-refractivity contribution in [3.63, 3.8) is 0 Å². The molecule has 0 unspecified atom stereocenters. The molecule has 130 valence electrons. The lowest BCUT2D eigenvalue weighted by Gasteiger charge is -2.20. The van der Waals surface area contributed by atoms with E-state index in [0.29, 0.717) is 16.1 Å². The number of benzene rings is 3. The summed E-state index contributed by atoms with van der Waals surface area (Å²) in [6.07, 6.45) is -1.60. The van der Waals surface area contributed by atoms with E-state index in [4.69, 9.17) is 16.3 Å². The molecule has 3 atom stereocenters. The first-order chi connectivity index (χ1) is 12.6. The number of hydrogen-bond donors (Lipinski definition) is 1. The number of carbonyl (C=O) groups is 1. The third-order valence-electron chi connectivity index (χ3n) is 4.73. The van der Waals surface area contributed by atoms with E-state index in [1.807, 2.05) is 36.4 Å². The van der Waals surface area contributed by atoms with Crippen LogP contribution in [0.5, 0.6) is 0 Å². The minimum atomic E-state index is -1.34. The van der Waals surface area contributed by atoms with Crippen molar-refractivity contribution in [1.82, 2.24) is 0 Å². The number of aliphatic hydroxyl groups excluding tert-OH is 1. The summed E-state index contributed by atoms with van der Waals surface area (Å²) in [7, 11) is 0. The molecule has 0 saturated carbocycles. The van der Waals surface area contributed by atoms with E-state index in [-0.39, 0.29) is 5.78 Å². The van der Waals surface area contributed by atoms with Gasteiger partial charge in [0, 0.05) is 10.6 Å². The molecule has 4 rings (SSSR count). The zero-order valence-electron chi connectivity index (χ0n) is 13.9. The van der Waals surface area contributed by atoms with Crippen LogP contribution < -0.4 is 0 Å². The molecule has 4 heteroatoms. The topological polar surface area (TPSA) is 49.8 Å². The number of ketones is 1. The Bertz CT molecular complexity index is 909. The average molecular weight is 365 g/mol. The molecule has 0 amide bonds. The Hall–Kier alpha value is -2.46. The number of halogens is 1. The number of rotatable bonds is 5. The first kappa shape index (κ1) is 17.0. The average Bonchev–Trinajstić information content (AvgIpc) is 3.45. The van der Waals surface area contributed by atoms with Crippen molar-refractivity contribution in [1.29, 1.82) is 0 Å². The smallest absolute Gasteiger partial charge is 0.200 e. The SMILES string of the molecule is O=C(c1ccccc1)[C@@]1([C@H](O)c2ccccc2)O[C@@H]1c1ccc(Cl)cc1. The lowest BCUT2D eigenvalue weighted by Crippen LogP contribution is -2.33. The molecule has 1 N–H and O–H groups in total. The van der Waals surface area contributed by atoms with Crippen LogP contribution in [0.15, 0.2) is 84.9 Å². The van der Waals surface area contributed by atoms with Gasteiger partial charge in [-0.05, 0) is 23.3 Å². The number of ether oxygens (including phenoxy) is 1. The van der Waals surface area contributed by atoms with Gasteiger partial charge in [-0.1, -0.05) is 84.4 Å². The van der Waals surface area contributed by atoms with Crippen LogP contribution in [0.3, 0.4) is 0 Å². The Labute approximate surface area is 156 Å². The quantitative estimate of drug-likeness (QED) is 0.524. The number of epoxide rings is 1. The molecule has 0 bridgehead atoms. The molecule has 0 aromatic heterocycles. The molecule has 3 aromatic carbocycles. The largest absolute Gasteiger partial charge is 0.385 e. The van der Waals surface area contributed by atoms with Crippen LogP contribution in [0.4, 0.5) is 0 Å². The van der Waals surface area contributed by atoms with E-state index in [9.17, 15) is 9.90 Å². The fourth-order valence-electron chi connectivity index (χ4n) is 3.32. The lowest BCUT2D eigenvalue weighted by atomic mass is 9.83. The van der Waals surface area contributed by atoms with Gasteiger partial charge in [0.05, 0.1) is 0 Å². The predicted octanol–water partition coefficient (Wildman–Crippen LogP) is 4.77. The van der Waals surface area contributed by atoms with E-state index in [1.165, 1.54) is 0 Å². The Balaban J connectivity index is 1.76. The van der Waals surface area contributed by atoms with Gasteiger partial charge in [0.2, 0.25) is 5.78 Å². The van der Waals surface area contributed by atoms with E-state index < -0.39 is 17.8 Å². The summed E-state index contributed by atoms with van der Waals surface area (Å²) in [5.41, 5.74) is 0.636. The maximum Gasteiger partial charge on any atom is 0.200 e.